The van der Waals surface area contributed by atoms with Crippen LogP contribution in [0.3, 0.4) is 0 Å². The van der Waals surface area contributed by atoms with E-state index in [0.29, 0.717) is 10.7 Å². The third kappa shape index (κ3) is 2.49. The second kappa shape index (κ2) is 5.38. The summed E-state index contributed by atoms with van der Waals surface area (Å²) < 4.78 is 4.80. The maximum atomic E-state index is 11.9. The van der Waals surface area contributed by atoms with Gasteiger partial charge in [0.15, 0.2) is 0 Å². The van der Waals surface area contributed by atoms with Gasteiger partial charge in [-0.25, -0.2) is 4.98 Å². The molecule has 2 rings (SSSR count). The molecule has 0 aliphatic carbocycles. The number of methoxy groups -OCH3 is 1. The molecule has 5 heteroatoms. The van der Waals surface area contributed by atoms with Crippen LogP contribution in [0, 0.1) is 5.41 Å². The molecule has 2 N–H and O–H groups in total. The summed E-state index contributed by atoms with van der Waals surface area (Å²) >= 11 is 6.21. The summed E-state index contributed by atoms with van der Waals surface area (Å²) in [4.78, 5) is 16.2. The summed E-state index contributed by atoms with van der Waals surface area (Å²) in [6, 6.07) is 8.89. The molecule has 0 bridgehead atoms. The van der Waals surface area contributed by atoms with E-state index < -0.39 is 11.5 Å². The van der Waals surface area contributed by atoms with Crippen LogP contribution in [0.15, 0.2) is 30.3 Å². The molecule has 2 aromatic rings. The number of benzene rings is 1. The predicted octanol–water partition coefficient (Wildman–Crippen LogP) is 3.09. The van der Waals surface area contributed by atoms with Gasteiger partial charge in [0.05, 0.1) is 18.0 Å². The first-order valence-electron chi connectivity index (χ1n) is 6.27. The Morgan fingerprint density at radius 2 is 2.05 bits per heavy atom. The van der Waals surface area contributed by atoms with E-state index in [-0.39, 0.29) is 5.97 Å². The Morgan fingerprint density at radius 1 is 1.40 bits per heavy atom. The normalized spacial score (nSPS) is 13.2. The van der Waals surface area contributed by atoms with Crippen LogP contribution in [0.25, 0.3) is 10.9 Å². The Kier molecular flexibility index (Phi) is 3.97. The number of nitrogens with two attached hydrogens (primary N) is 1. The van der Waals surface area contributed by atoms with Gasteiger partial charge in [-0.3, -0.25) is 4.79 Å². The summed E-state index contributed by atoms with van der Waals surface area (Å²) in [7, 11) is 1.34. The zero-order valence-corrected chi connectivity index (χ0v) is 12.4. The summed E-state index contributed by atoms with van der Waals surface area (Å²) in [6.45, 7) is 3.46. The average Bonchev–Trinajstić information content (AvgIpc) is 2.44. The molecule has 0 aliphatic heterocycles. The molecule has 20 heavy (non-hydrogen) atoms. The quantitative estimate of drug-likeness (QED) is 0.697. The third-order valence-electron chi connectivity index (χ3n) is 3.53. The molecule has 0 aliphatic rings. The van der Waals surface area contributed by atoms with Crippen LogP contribution < -0.4 is 5.73 Å². The number of ether oxygens (including phenoxy) is 1. The Morgan fingerprint density at radius 3 is 2.70 bits per heavy atom. The van der Waals surface area contributed by atoms with Crippen molar-refractivity contribution in [1.29, 1.82) is 0 Å². The molecular formula is C15H17ClN2O2. The lowest BCUT2D eigenvalue weighted by Crippen LogP contribution is -2.37. The highest BCUT2D eigenvalue weighted by atomic mass is 35.5. The van der Waals surface area contributed by atoms with Crippen molar-refractivity contribution in [3.63, 3.8) is 0 Å². The topological polar surface area (TPSA) is 65.2 Å². The molecule has 0 saturated carbocycles. The monoisotopic (exact) mass is 292 g/mol. The van der Waals surface area contributed by atoms with E-state index in [1.54, 1.807) is 13.8 Å². The van der Waals surface area contributed by atoms with Gasteiger partial charge in [-0.2, -0.15) is 0 Å². The lowest BCUT2D eigenvalue weighted by Gasteiger charge is -2.29. The Labute approximate surface area is 122 Å². The van der Waals surface area contributed by atoms with Gasteiger partial charge in [0, 0.05) is 17.0 Å². The van der Waals surface area contributed by atoms with Crippen molar-refractivity contribution in [2.24, 2.45) is 11.1 Å². The average molecular weight is 293 g/mol. The number of para-hydroxylation sites is 1. The highest BCUT2D eigenvalue weighted by Gasteiger charge is 2.37. The first-order valence-corrected chi connectivity index (χ1v) is 6.65. The molecular weight excluding hydrogens is 276 g/mol. The fourth-order valence-corrected chi connectivity index (χ4v) is 2.37. The number of carbonyl (C=O) groups excluding carboxylic acids is 1. The molecule has 1 aromatic carbocycles. The van der Waals surface area contributed by atoms with Crippen molar-refractivity contribution in [3.8, 4) is 0 Å². The molecule has 0 amide bonds. The minimum atomic E-state index is -0.886. The number of hydrogen-bond donors (Lipinski definition) is 1. The van der Waals surface area contributed by atoms with E-state index in [1.165, 1.54) is 7.11 Å². The minimum absolute atomic E-state index is 0.313. The molecule has 0 spiro atoms. The van der Waals surface area contributed by atoms with Gasteiger partial charge in [0.25, 0.3) is 0 Å². The molecule has 1 atom stereocenters. The van der Waals surface area contributed by atoms with Gasteiger partial charge in [0.1, 0.15) is 5.15 Å². The molecule has 4 nitrogen and oxygen atoms in total. The highest BCUT2D eigenvalue weighted by Crippen LogP contribution is 2.36. The molecule has 1 aromatic heterocycles. The number of fused-ring (bicyclic) bond motifs is 1. The number of hydrogen-bond acceptors (Lipinski definition) is 4. The van der Waals surface area contributed by atoms with E-state index >= 15 is 0 Å². The SMILES string of the molecule is COC(=O)C(C)(C)[C@@H](N)c1cc2ccccc2nc1Cl. The number of pyridine rings is 1. The number of carbonyl (C=O) groups is 1. The standard InChI is InChI=1S/C15H17ClN2O2/c1-15(2,14(19)20-3)12(17)10-8-9-6-4-5-7-11(9)18-13(10)16/h4-8,12H,17H2,1-3H3/t12-/m0/s1. The van der Waals surface area contributed by atoms with E-state index in [1.807, 2.05) is 30.3 Å². The van der Waals surface area contributed by atoms with Crippen LogP contribution in [0.1, 0.15) is 25.5 Å². The number of esters is 1. The van der Waals surface area contributed by atoms with E-state index in [0.717, 1.165) is 10.9 Å². The van der Waals surface area contributed by atoms with Crippen LogP contribution >= 0.6 is 11.6 Å². The first-order chi connectivity index (χ1) is 9.37. The van der Waals surface area contributed by atoms with Crippen LogP contribution in [-0.2, 0) is 9.53 Å². The predicted molar refractivity (Wildman–Crippen MR) is 79.5 cm³/mol. The molecule has 1 heterocycles. The van der Waals surface area contributed by atoms with Crippen molar-refractivity contribution in [1.82, 2.24) is 4.98 Å². The highest BCUT2D eigenvalue weighted by molar-refractivity contribution is 6.30. The van der Waals surface area contributed by atoms with Gasteiger partial charge >= 0.3 is 5.97 Å². The smallest absolute Gasteiger partial charge is 0.313 e. The fourth-order valence-electron chi connectivity index (χ4n) is 2.11. The van der Waals surface area contributed by atoms with E-state index in [2.05, 4.69) is 4.98 Å². The number of halogens is 1. The third-order valence-corrected chi connectivity index (χ3v) is 3.83. The van der Waals surface area contributed by atoms with E-state index in [4.69, 9.17) is 22.1 Å². The molecule has 0 fully saturated rings. The van der Waals surface area contributed by atoms with Crippen LogP contribution in [0.4, 0.5) is 0 Å². The van der Waals surface area contributed by atoms with Gasteiger partial charge in [-0.1, -0.05) is 29.8 Å². The maximum absolute atomic E-state index is 11.9. The van der Waals surface area contributed by atoms with Crippen molar-refractivity contribution in [2.75, 3.05) is 7.11 Å². The second-order valence-electron chi connectivity index (χ2n) is 5.25. The minimum Gasteiger partial charge on any atom is -0.469 e. The number of nitrogens with zero attached hydrogens (tertiary/aromatic N) is 1. The summed E-state index contributed by atoms with van der Waals surface area (Å²) in [5.74, 6) is -0.380. The Balaban J connectivity index is 2.52. The number of aromatic nitrogens is 1. The Hall–Kier alpha value is -1.65. The molecule has 106 valence electrons. The first kappa shape index (κ1) is 14.8. The zero-order chi connectivity index (χ0) is 14.9. The lowest BCUT2D eigenvalue weighted by molar-refractivity contribution is -0.152. The summed E-state index contributed by atoms with van der Waals surface area (Å²) in [5.41, 5.74) is 6.76. The van der Waals surface area contributed by atoms with Gasteiger partial charge in [-0.15, -0.1) is 0 Å². The fraction of sp³-hybridized carbons (Fsp3) is 0.333. The molecule has 0 saturated heterocycles. The number of rotatable bonds is 3. The maximum Gasteiger partial charge on any atom is 0.313 e. The van der Waals surface area contributed by atoms with Crippen LogP contribution in [-0.4, -0.2) is 18.1 Å². The van der Waals surface area contributed by atoms with Crippen LogP contribution in [0.2, 0.25) is 5.15 Å². The molecule has 0 unspecified atom stereocenters. The van der Waals surface area contributed by atoms with Crippen molar-refractivity contribution < 1.29 is 9.53 Å². The van der Waals surface area contributed by atoms with Gasteiger partial charge < -0.3 is 10.5 Å². The van der Waals surface area contributed by atoms with Crippen LogP contribution in [0.5, 0.6) is 0 Å². The van der Waals surface area contributed by atoms with E-state index in [9.17, 15) is 4.79 Å². The van der Waals surface area contributed by atoms with Gasteiger partial charge in [0.2, 0.25) is 0 Å². The summed E-state index contributed by atoms with van der Waals surface area (Å²) in [6.07, 6.45) is 0. The molecule has 0 radical (unpaired) electrons. The lowest BCUT2D eigenvalue weighted by atomic mass is 9.81. The zero-order valence-electron chi connectivity index (χ0n) is 11.7. The van der Waals surface area contributed by atoms with Gasteiger partial charge in [-0.05, 0) is 26.0 Å². The Bertz CT molecular complexity index is 655. The summed E-state index contributed by atoms with van der Waals surface area (Å²) in [5, 5.41) is 1.25. The largest absolute Gasteiger partial charge is 0.469 e. The van der Waals surface area contributed by atoms with Crippen molar-refractivity contribution in [3.05, 3.63) is 41.0 Å². The van der Waals surface area contributed by atoms with Crippen molar-refractivity contribution in [2.45, 2.75) is 19.9 Å². The second-order valence-corrected chi connectivity index (χ2v) is 5.61. The van der Waals surface area contributed by atoms with Crippen molar-refractivity contribution >= 4 is 28.5 Å².